The van der Waals surface area contributed by atoms with Gasteiger partial charge >= 0.3 is 0 Å². The molecule has 3 heterocycles. The predicted molar refractivity (Wildman–Crippen MR) is 130 cm³/mol. The average Bonchev–Trinajstić information content (AvgIpc) is 3.58. The largest absolute Gasteiger partial charge is 0.388 e. The number of Topliss-reactive ketones (excluding diaryl/α,β-unsaturated/α-hetero) is 1. The molecule has 0 aromatic heterocycles. The Kier molecular flexibility index (Phi) is 6.97. The molecule has 2 N–H and O–H groups in total. The zero-order valence-electron chi connectivity index (χ0n) is 20.7. The van der Waals surface area contributed by atoms with Gasteiger partial charge in [-0.3, -0.25) is 14.4 Å². The molecule has 0 spiro atoms. The molecule has 1 aromatic carbocycles. The molecule has 5 rings (SSSR count). The number of aliphatic hydroxyl groups is 1. The molecule has 4 fully saturated rings. The van der Waals surface area contributed by atoms with E-state index in [1.54, 1.807) is 0 Å². The second-order valence-corrected chi connectivity index (χ2v) is 10.7. The monoisotopic (exact) mass is 483 g/mol. The number of nitrogens with one attached hydrogen (secondary N) is 1. The number of piperidine rings is 1. The summed E-state index contributed by atoms with van der Waals surface area (Å²) in [7, 11) is 0. The molecule has 8 nitrogen and oxygen atoms in total. The van der Waals surface area contributed by atoms with Gasteiger partial charge in [-0.2, -0.15) is 0 Å². The first kappa shape index (κ1) is 24.4. The van der Waals surface area contributed by atoms with Crippen LogP contribution in [0.1, 0.15) is 67.8 Å². The Balaban J connectivity index is 1.24. The van der Waals surface area contributed by atoms with Crippen LogP contribution in [0, 0.1) is 5.92 Å². The Labute approximate surface area is 207 Å². The second kappa shape index (κ2) is 9.99. The summed E-state index contributed by atoms with van der Waals surface area (Å²) < 4.78 is 5.40. The van der Waals surface area contributed by atoms with Gasteiger partial charge in [-0.15, -0.1) is 0 Å². The van der Waals surface area contributed by atoms with Crippen LogP contribution in [-0.2, 0) is 14.3 Å². The van der Waals surface area contributed by atoms with Gasteiger partial charge in [-0.1, -0.05) is 32.4 Å². The average molecular weight is 484 g/mol. The molecule has 0 bridgehead atoms. The number of carbonyl (C=O) groups is 3. The summed E-state index contributed by atoms with van der Waals surface area (Å²) in [5, 5.41) is 13.2. The van der Waals surface area contributed by atoms with E-state index < -0.39 is 24.3 Å². The molecule has 0 unspecified atom stereocenters. The van der Waals surface area contributed by atoms with Gasteiger partial charge in [0.2, 0.25) is 5.91 Å². The predicted octanol–water partition coefficient (Wildman–Crippen LogP) is 1.71. The van der Waals surface area contributed by atoms with Crippen molar-refractivity contribution in [2.24, 2.45) is 5.92 Å². The molecule has 1 aliphatic carbocycles. The quantitative estimate of drug-likeness (QED) is 0.613. The molecular weight excluding hydrogens is 446 g/mol. The maximum atomic E-state index is 13.5. The van der Waals surface area contributed by atoms with Gasteiger partial charge in [-0.05, 0) is 68.3 Å². The Morgan fingerprint density at radius 1 is 1.14 bits per heavy atom. The maximum Gasteiger partial charge on any atom is 0.251 e. The van der Waals surface area contributed by atoms with Crippen molar-refractivity contribution in [3.8, 4) is 0 Å². The number of ether oxygens (including phenoxy) is 1. The van der Waals surface area contributed by atoms with E-state index in [1.165, 1.54) is 23.3 Å². The summed E-state index contributed by atoms with van der Waals surface area (Å²) in [6, 6.07) is 7.05. The molecular formula is C27H37N3O5. The number of hydrogen-bond donors (Lipinski definition) is 2. The fourth-order valence-electron chi connectivity index (χ4n) is 5.89. The van der Waals surface area contributed by atoms with Crippen LogP contribution in [-0.4, -0.2) is 89.1 Å². The number of hydrogen-bond acceptors (Lipinski definition) is 6. The smallest absolute Gasteiger partial charge is 0.251 e. The lowest BCUT2D eigenvalue weighted by Crippen LogP contribution is -2.54. The Morgan fingerprint density at radius 2 is 1.83 bits per heavy atom. The molecule has 3 aliphatic heterocycles. The van der Waals surface area contributed by atoms with Crippen LogP contribution in [0.4, 0.5) is 0 Å². The Bertz CT molecular complexity index is 954. The van der Waals surface area contributed by atoms with E-state index in [0.29, 0.717) is 17.9 Å². The van der Waals surface area contributed by atoms with Gasteiger partial charge in [-0.25, -0.2) is 0 Å². The number of aliphatic hydroxyl groups excluding tert-OH is 1. The SMILES string of the molecule is CC[C@H](C)[C@H](NC(=O)c1ccc(C2CCN(C3CC3)CC2)cc1)C(=O)N1C[C@@H](O)[C@H]2OCC(=O)[C@H]21. The number of benzene rings is 1. The summed E-state index contributed by atoms with van der Waals surface area (Å²) in [6.45, 7) is 6.12. The number of amides is 2. The van der Waals surface area contributed by atoms with Crippen molar-refractivity contribution in [3.05, 3.63) is 35.4 Å². The van der Waals surface area contributed by atoms with E-state index in [1.807, 2.05) is 38.1 Å². The molecule has 8 heteroatoms. The van der Waals surface area contributed by atoms with E-state index in [4.69, 9.17) is 4.74 Å². The third-order valence-electron chi connectivity index (χ3n) is 8.44. The number of β-amino-alcohol motifs (C(OH)–C–C–N with tert-alkyl or cyclic N) is 1. The Hall–Kier alpha value is -2.29. The van der Waals surface area contributed by atoms with Gasteiger partial charge < -0.3 is 25.0 Å². The van der Waals surface area contributed by atoms with Crippen molar-refractivity contribution in [3.63, 3.8) is 0 Å². The van der Waals surface area contributed by atoms with Crippen LogP contribution < -0.4 is 5.32 Å². The minimum absolute atomic E-state index is 0.0387. The van der Waals surface area contributed by atoms with Crippen molar-refractivity contribution >= 4 is 17.6 Å². The van der Waals surface area contributed by atoms with Crippen LogP contribution in [0.3, 0.4) is 0 Å². The first-order chi connectivity index (χ1) is 16.9. The maximum absolute atomic E-state index is 13.5. The zero-order chi connectivity index (χ0) is 24.7. The van der Waals surface area contributed by atoms with Gasteiger partial charge in [0, 0.05) is 11.6 Å². The standard InChI is InChI=1S/C27H37N3O5/c1-3-16(2)23(27(34)30-14-21(31)25-24(30)22(32)15-35-25)28-26(33)19-6-4-17(5-7-19)18-10-12-29(13-11-18)20-8-9-20/h4-7,16,18,20-21,23-25,31H,3,8-15H2,1-2H3,(H,28,33)/t16-,21+,23-,24+,25+/m0/s1. The first-order valence-electron chi connectivity index (χ1n) is 13.1. The van der Waals surface area contributed by atoms with Gasteiger partial charge in [0.15, 0.2) is 5.78 Å². The summed E-state index contributed by atoms with van der Waals surface area (Å²) in [6.07, 6.45) is 4.11. The molecule has 1 aromatic rings. The van der Waals surface area contributed by atoms with Crippen molar-refractivity contribution in [2.75, 3.05) is 26.2 Å². The highest BCUT2D eigenvalue weighted by Gasteiger charge is 2.53. The molecule has 2 amide bonds. The molecule has 190 valence electrons. The van der Waals surface area contributed by atoms with Crippen LogP contribution >= 0.6 is 0 Å². The number of carbonyl (C=O) groups excluding carboxylic acids is 3. The van der Waals surface area contributed by atoms with Crippen LogP contribution in [0.15, 0.2) is 24.3 Å². The topological polar surface area (TPSA) is 99.2 Å². The zero-order valence-corrected chi connectivity index (χ0v) is 20.7. The van der Waals surface area contributed by atoms with Crippen LogP contribution in [0.5, 0.6) is 0 Å². The molecule has 4 aliphatic rings. The second-order valence-electron chi connectivity index (χ2n) is 10.7. The van der Waals surface area contributed by atoms with Gasteiger partial charge in [0.1, 0.15) is 30.9 Å². The number of likely N-dealkylation sites (tertiary alicyclic amines) is 2. The highest BCUT2D eigenvalue weighted by molar-refractivity contribution is 5.99. The summed E-state index contributed by atoms with van der Waals surface area (Å²) in [5.74, 6) is -0.442. The van der Waals surface area contributed by atoms with Gasteiger partial charge in [0.25, 0.3) is 5.91 Å². The minimum atomic E-state index is -0.896. The first-order valence-corrected chi connectivity index (χ1v) is 13.1. The molecule has 1 saturated carbocycles. The molecule has 0 radical (unpaired) electrons. The van der Waals surface area contributed by atoms with E-state index in [-0.39, 0.29) is 36.7 Å². The van der Waals surface area contributed by atoms with Crippen molar-refractivity contribution in [1.82, 2.24) is 15.1 Å². The molecule has 35 heavy (non-hydrogen) atoms. The van der Waals surface area contributed by atoms with E-state index >= 15 is 0 Å². The molecule has 5 atom stereocenters. The lowest BCUT2D eigenvalue weighted by molar-refractivity contribution is -0.139. The third kappa shape index (κ3) is 4.88. The fraction of sp³-hybridized carbons (Fsp3) is 0.667. The highest BCUT2D eigenvalue weighted by atomic mass is 16.5. The van der Waals surface area contributed by atoms with Crippen LogP contribution in [0.2, 0.25) is 0 Å². The van der Waals surface area contributed by atoms with E-state index in [9.17, 15) is 19.5 Å². The fourth-order valence-corrected chi connectivity index (χ4v) is 5.89. The highest BCUT2D eigenvalue weighted by Crippen LogP contribution is 2.34. The lowest BCUT2D eigenvalue weighted by Gasteiger charge is -2.32. The van der Waals surface area contributed by atoms with E-state index in [0.717, 1.165) is 32.0 Å². The number of fused-ring (bicyclic) bond motifs is 1. The number of nitrogens with zero attached hydrogens (tertiary/aromatic N) is 2. The summed E-state index contributed by atoms with van der Waals surface area (Å²) in [5.41, 5.74) is 1.79. The van der Waals surface area contributed by atoms with Crippen molar-refractivity contribution < 1.29 is 24.2 Å². The van der Waals surface area contributed by atoms with Crippen molar-refractivity contribution in [1.29, 1.82) is 0 Å². The lowest BCUT2D eigenvalue weighted by atomic mass is 9.89. The van der Waals surface area contributed by atoms with Gasteiger partial charge in [0.05, 0.1) is 6.54 Å². The molecule has 3 saturated heterocycles. The summed E-state index contributed by atoms with van der Waals surface area (Å²) in [4.78, 5) is 42.9. The van der Waals surface area contributed by atoms with Crippen LogP contribution in [0.25, 0.3) is 0 Å². The number of rotatable bonds is 7. The number of ketones is 1. The third-order valence-corrected chi connectivity index (χ3v) is 8.44. The van der Waals surface area contributed by atoms with E-state index in [2.05, 4.69) is 10.2 Å². The normalized spacial score (nSPS) is 29.2. The summed E-state index contributed by atoms with van der Waals surface area (Å²) >= 11 is 0. The minimum Gasteiger partial charge on any atom is -0.388 e. The van der Waals surface area contributed by atoms with Crippen molar-refractivity contribution in [2.45, 2.75) is 82.2 Å². The Morgan fingerprint density at radius 3 is 2.46 bits per heavy atom.